The van der Waals surface area contributed by atoms with Gasteiger partial charge >= 0.3 is 0 Å². The number of ether oxygens (including phenoxy) is 1. The molecule has 2 heterocycles. The van der Waals surface area contributed by atoms with Crippen LogP contribution < -0.4 is 15.5 Å². The van der Waals surface area contributed by atoms with Crippen molar-refractivity contribution in [3.63, 3.8) is 0 Å². The highest BCUT2D eigenvalue weighted by molar-refractivity contribution is 6.35. The Bertz CT molecular complexity index is 1290. The van der Waals surface area contributed by atoms with Gasteiger partial charge in [-0.15, -0.1) is 0 Å². The number of fused-ring (bicyclic) bond motifs is 1. The molecule has 0 fully saturated rings. The molecule has 0 saturated carbocycles. The van der Waals surface area contributed by atoms with Crippen LogP contribution in [0.1, 0.15) is 45.8 Å². The van der Waals surface area contributed by atoms with Crippen molar-refractivity contribution < 1.29 is 18.7 Å². The van der Waals surface area contributed by atoms with Crippen LogP contribution >= 0.6 is 23.2 Å². The highest BCUT2D eigenvalue weighted by Crippen LogP contribution is 2.30. The maximum Gasteiger partial charge on any atom is 0.292 e. The minimum absolute atomic E-state index is 0.205. The van der Waals surface area contributed by atoms with Gasteiger partial charge in [0.05, 0.1) is 10.7 Å². The molecule has 0 radical (unpaired) electrons. The molecule has 0 bridgehead atoms. The summed E-state index contributed by atoms with van der Waals surface area (Å²) >= 11 is 11.9. The maximum absolute atomic E-state index is 12.9. The van der Waals surface area contributed by atoms with E-state index in [1.807, 2.05) is 13.0 Å². The van der Waals surface area contributed by atoms with E-state index in [1.165, 1.54) is 6.07 Å². The van der Waals surface area contributed by atoms with Crippen molar-refractivity contribution in [3.8, 4) is 5.75 Å². The highest BCUT2D eigenvalue weighted by atomic mass is 35.5. The second-order valence-corrected chi connectivity index (χ2v) is 8.63. The van der Waals surface area contributed by atoms with E-state index in [0.717, 1.165) is 17.5 Å². The van der Waals surface area contributed by atoms with Crippen LogP contribution in [0.25, 0.3) is 0 Å². The molecule has 1 aromatic carbocycles. The fourth-order valence-electron chi connectivity index (χ4n) is 3.68. The number of benzene rings is 1. The van der Waals surface area contributed by atoms with Gasteiger partial charge in [-0.25, -0.2) is 10.4 Å². The van der Waals surface area contributed by atoms with Crippen LogP contribution in [-0.4, -0.2) is 29.1 Å². The quantitative estimate of drug-likeness (QED) is 0.458. The number of rotatable bonds is 6. The van der Waals surface area contributed by atoms with Gasteiger partial charge in [-0.2, -0.15) is 5.10 Å². The van der Waals surface area contributed by atoms with Gasteiger partial charge in [0.1, 0.15) is 17.3 Å². The molecule has 3 aromatic rings. The number of hydrogen-bond donors (Lipinski definition) is 2. The monoisotopic (exact) mass is 500 g/mol. The summed E-state index contributed by atoms with van der Waals surface area (Å²) in [6.07, 6.45) is 3.71. The number of nitrogens with zero attached hydrogens (tertiary/aromatic N) is 2. The average molecular weight is 501 g/mol. The summed E-state index contributed by atoms with van der Waals surface area (Å²) in [4.78, 5) is 29.3. The van der Waals surface area contributed by atoms with Gasteiger partial charge in [0.15, 0.2) is 12.4 Å². The lowest BCUT2D eigenvalue weighted by atomic mass is 9.93. The van der Waals surface area contributed by atoms with Crippen molar-refractivity contribution in [2.75, 3.05) is 11.9 Å². The van der Waals surface area contributed by atoms with Crippen LogP contribution in [0.5, 0.6) is 5.75 Å². The minimum Gasteiger partial charge on any atom is -0.482 e. The first-order valence-corrected chi connectivity index (χ1v) is 11.4. The molecule has 10 heteroatoms. The lowest BCUT2D eigenvalue weighted by Gasteiger charge is -2.13. The molecule has 8 nitrogen and oxygen atoms in total. The van der Waals surface area contributed by atoms with E-state index >= 15 is 0 Å². The van der Waals surface area contributed by atoms with Crippen molar-refractivity contribution in [3.05, 3.63) is 74.8 Å². The summed E-state index contributed by atoms with van der Waals surface area (Å²) in [6, 6.07) is 8.40. The van der Waals surface area contributed by atoms with E-state index in [2.05, 4.69) is 20.8 Å². The molecule has 0 unspecified atom stereocenters. The number of hydrogen-bond acceptors (Lipinski definition) is 6. The lowest BCUT2D eigenvalue weighted by Crippen LogP contribution is -2.27. The molecule has 4 rings (SSSR count). The number of aromatic nitrogens is 1. The summed E-state index contributed by atoms with van der Waals surface area (Å²) in [5.41, 5.74) is 5.41. The molecule has 34 heavy (non-hydrogen) atoms. The molecule has 0 atom stereocenters. The van der Waals surface area contributed by atoms with Crippen LogP contribution in [0.2, 0.25) is 10.0 Å². The van der Waals surface area contributed by atoms with E-state index in [4.69, 9.17) is 32.4 Å². The third-order valence-electron chi connectivity index (χ3n) is 5.34. The zero-order chi connectivity index (χ0) is 24.2. The molecule has 0 saturated heterocycles. The van der Waals surface area contributed by atoms with Crippen LogP contribution in [-0.2, 0) is 11.2 Å². The Morgan fingerprint density at radius 1 is 1.21 bits per heavy atom. The van der Waals surface area contributed by atoms with Gasteiger partial charge in [-0.3, -0.25) is 9.59 Å². The van der Waals surface area contributed by atoms with Crippen LogP contribution in [0.4, 0.5) is 5.82 Å². The number of aryl methyl sites for hydroxylation is 2. The number of pyridine rings is 1. The van der Waals surface area contributed by atoms with Crippen LogP contribution in [0, 0.1) is 13.8 Å². The topological polar surface area (TPSA) is 106 Å². The Kier molecular flexibility index (Phi) is 7.19. The standard InChI is InChI=1S/C24H22Cl2N4O4/c1-13-5-4-10-27-23(13)28-24(32)22-14(2)21-17(6-3-7-19(21)34-22)29-30-20(31)12-33-18-9-8-15(25)11-16(18)26/h4-5,8-11H,3,6-7,12H2,1-2H3,(H,30,31)(H,27,28,32)/b29-17+. The van der Waals surface area contributed by atoms with Crippen molar-refractivity contribution in [1.29, 1.82) is 0 Å². The van der Waals surface area contributed by atoms with Crippen LogP contribution in [0.3, 0.4) is 0 Å². The van der Waals surface area contributed by atoms with Crippen molar-refractivity contribution >= 4 is 46.5 Å². The SMILES string of the molecule is Cc1cccnc1NC(=O)c1oc2c(c1C)/C(=N/NC(=O)COc1ccc(Cl)cc1Cl)CCC2. The molecular weight excluding hydrogens is 479 g/mol. The summed E-state index contributed by atoms with van der Waals surface area (Å²) in [7, 11) is 0. The van der Waals surface area contributed by atoms with Crippen molar-refractivity contribution in [2.45, 2.75) is 33.1 Å². The predicted molar refractivity (Wildman–Crippen MR) is 130 cm³/mol. The average Bonchev–Trinajstić information content (AvgIpc) is 3.16. The second-order valence-electron chi connectivity index (χ2n) is 7.79. The summed E-state index contributed by atoms with van der Waals surface area (Å²) in [6.45, 7) is 3.39. The first-order valence-electron chi connectivity index (χ1n) is 10.6. The Labute approximate surface area is 206 Å². The van der Waals surface area contributed by atoms with E-state index in [-0.39, 0.29) is 18.3 Å². The van der Waals surface area contributed by atoms with Gasteiger partial charge in [0, 0.05) is 28.8 Å². The van der Waals surface area contributed by atoms with Gasteiger partial charge in [-0.1, -0.05) is 29.3 Å². The smallest absolute Gasteiger partial charge is 0.292 e. The molecule has 2 N–H and O–H groups in total. The molecule has 1 aliphatic rings. The van der Waals surface area contributed by atoms with Gasteiger partial charge < -0.3 is 14.5 Å². The molecule has 2 amide bonds. The third-order valence-corrected chi connectivity index (χ3v) is 5.87. The second kappa shape index (κ2) is 10.3. The number of carbonyl (C=O) groups excluding carboxylic acids is 2. The Balaban J connectivity index is 1.46. The number of hydrazone groups is 1. The predicted octanol–water partition coefficient (Wildman–Crippen LogP) is 5.09. The Hall–Kier alpha value is -3.36. The molecule has 0 aliphatic heterocycles. The van der Waals surface area contributed by atoms with Gasteiger partial charge in [0.25, 0.3) is 11.8 Å². The number of anilines is 1. The number of furan rings is 1. The molecule has 176 valence electrons. The van der Waals surface area contributed by atoms with E-state index in [0.29, 0.717) is 51.5 Å². The van der Waals surface area contributed by atoms with Gasteiger partial charge in [-0.05, 0) is 56.5 Å². The number of carbonyl (C=O) groups is 2. The van der Waals surface area contributed by atoms with Crippen LogP contribution in [0.15, 0.2) is 46.0 Å². The summed E-state index contributed by atoms with van der Waals surface area (Å²) in [5.74, 6) is 0.864. The maximum atomic E-state index is 12.9. The molecule has 2 aromatic heterocycles. The fraction of sp³-hybridized carbons (Fsp3) is 0.250. The number of nitrogens with one attached hydrogen (secondary N) is 2. The molecule has 1 aliphatic carbocycles. The van der Waals surface area contributed by atoms with Crippen molar-refractivity contribution in [1.82, 2.24) is 10.4 Å². The van der Waals surface area contributed by atoms with Crippen molar-refractivity contribution in [2.24, 2.45) is 5.10 Å². The van der Waals surface area contributed by atoms with E-state index in [9.17, 15) is 9.59 Å². The fourth-order valence-corrected chi connectivity index (χ4v) is 4.14. The highest BCUT2D eigenvalue weighted by Gasteiger charge is 2.28. The summed E-state index contributed by atoms with van der Waals surface area (Å²) in [5, 5.41) is 7.86. The van der Waals surface area contributed by atoms with E-state index in [1.54, 1.807) is 31.3 Å². The number of halogens is 2. The Morgan fingerprint density at radius 2 is 2.03 bits per heavy atom. The molecule has 0 spiro atoms. The zero-order valence-corrected chi connectivity index (χ0v) is 20.1. The molecular formula is C24H22Cl2N4O4. The largest absolute Gasteiger partial charge is 0.482 e. The minimum atomic E-state index is -0.449. The zero-order valence-electron chi connectivity index (χ0n) is 18.6. The lowest BCUT2D eigenvalue weighted by molar-refractivity contribution is -0.123. The number of amides is 2. The Morgan fingerprint density at radius 3 is 2.79 bits per heavy atom. The van der Waals surface area contributed by atoms with Gasteiger partial charge in [0.2, 0.25) is 0 Å². The summed E-state index contributed by atoms with van der Waals surface area (Å²) < 4.78 is 11.3. The third kappa shape index (κ3) is 5.24. The normalized spacial score (nSPS) is 13.9. The van der Waals surface area contributed by atoms with E-state index < -0.39 is 5.91 Å². The first-order chi connectivity index (χ1) is 16.3. The first kappa shape index (κ1) is 23.8.